The van der Waals surface area contributed by atoms with Crippen molar-refractivity contribution in [3.63, 3.8) is 0 Å². The van der Waals surface area contributed by atoms with Gasteiger partial charge in [-0.2, -0.15) is 0 Å². The molecular formula is C22H24ClN3O2. The number of fused-ring (bicyclic) bond motifs is 1. The van der Waals surface area contributed by atoms with Crippen LogP contribution in [0.4, 0.5) is 5.69 Å². The van der Waals surface area contributed by atoms with E-state index < -0.39 is 0 Å². The van der Waals surface area contributed by atoms with Gasteiger partial charge in [-0.15, -0.1) is 0 Å². The van der Waals surface area contributed by atoms with Crippen molar-refractivity contribution in [2.45, 2.75) is 6.92 Å². The Balaban J connectivity index is 1.45. The Hall–Kier alpha value is -2.50. The largest absolute Gasteiger partial charge is 0.497 e. The summed E-state index contributed by atoms with van der Waals surface area (Å²) in [7, 11) is 1.64. The Bertz CT molecular complexity index is 1010. The molecule has 1 aliphatic heterocycles. The van der Waals surface area contributed by atoms with E-state index in [4.69, 9.17) is 16.3 Å². The van der Waals surface area contributed by atoms with Gasteiger partial charge in [-0.3, -0.25) is 9.69 Å². The van der Waals surface area contributed by atoms with Crippen LogP contribution in [-0.2, 0) is 0 Å². The zero-order chi connectivity index (χ0) is 19.7. The maximum absolute atomic E-state index is 13.1. The fourth-order valence-electron chi connectivity index (χ4n) is 3.91. The smallest absolute Gasteiger partial charge is 0.179 e. The standard InChI is InChI=1S/C22H24ClN3O2/c1-15-22(19-13-18(28-2)6-7-20(19)24-15)21(27)14-25-8-10-26(11-9-25)17-5-3-4-16(23)12-17/h3-7,12-13,24H,8-11,14H2,1-2H3. The summed E-state index contributed by atoms with van der Waals surface area (Å²) in [6, 6.07) is 13.7. The van der Waals surface area contributed by atoms with Gasteiger partial charge in [0.05, 0.1) is 13.7 Å². The van der Waals surface area contributed by atoms with Crippen LogP contribution in [0.1, 0.15) is 16.1 Å². The highest BCUT2D eigenvalue weighted by Crippen LogP contribution is 2.27. The fourth-order valence-corrected chi connectivity index (χ4v) is 4.10. The van der Waals surface area contributed by atoms with Gasteiger partial charge in [0, 0.05) is 59.0 Å². The Kier molecular flexibility index (Phi) is 5.29. The molecule has 1 aliphatic rings. The number of methoxy groups -OCH3 is 1. The first-order valence-electron chi connectivity index (χ1n) is 9.47. The SMILES string of the molecule is COc1ccc2[nH]c(C)c(C(=O)CN3CCN(c4cccc(Cl)c4)CC3)c2c1. The molecule has 4 rings (SSSR count). The number of hydrogen-bond donors (Lipinski definition) is 1. The summed E-state index contributed by atoms with van der Waals surface area (Å²) in [5.41, 5.74) is 3.78. The quantitative estimate of drug-likeness (QED) is 0.657. The van der Waals surface area contributed by atoms with Gasteiger partial charge in [0.2, 0.25) is 0 Å². The number of hydrogen-bond acceptors (Lipinski definition) is 4. The minimum Gasteiger partial charge on any atom is -0.497 e. The van der Waals surface area contributed by atoms with Crippen LogP contribution in [0, 0.1) is 6.92 Å². The molecule has 0 atom stereocenters. The summed E-state index contributed by atoms with van der Waals surface area (Å²) < 4.78 is 5.33. The zero-order valence-electron chi connectivity index (χ0n) is 16.2. The van der Waals surface area contributed by atoms with E-state index in [-0.39, 0.29) is 5.78 Å². The number of rotatable bonds is 5. The van der Waals surface area contributed by atoms with E-state index in [9.17, 15) is 4.79 Å². The van der Waals surface area contributed by atoms with E-state index in [1.165, 1.54) is 0 Å². The normalized spacial score (nSPS) is 15.2. The van der Waals surface area contributed by atoms with Crippen LogP contribution < -0.4 is 9.64 Å². The third kappa shape index (κ3) is 3.73. The van der Waals surface area contributed by atoms with Crippen molar-refractivity contribution in [3.8, 4) is 5.75 Å². The predicted octanol–water partition coefficient (Wildman–Crippen LogP) is 4.14. The average Bonchev–Trinajstić information content (AvgIpc) is 3.03. The van der Waals surface area contributed by atoms with Crippen molar-refractivity contribution in [1.82, 2.24) is 9.88 Å². The minimum absolute atomic E-state index is 0.146. The van der Waals surface area contributed by atoms with Gasteiger partial charge in [0.1, 0.15) is 5.75 Å². The Morgan fingerprint density at radius 1 is 1.14 bits per heavy atom. The van der Waals surface area contributed by atoms with Crippen molar-refractivity contribution in [1.29, 1.82) is 0 Å². The minimum atomic E-state index is 0.146. The molecule has 1 N–H and O–H groups in total. The Labute approximate surface area is 169 Å². The Morgan fingerprint density at radius 2 is 1.93 bits per heavy atom. The number of carbonyl (C=O) groups is 1. The maximum atomic E-state index is 13.1. The van der Waals surface area contributed by atoms with E-state index >= 15 is 0 Å². The number of carbonyl (C=O) groups excluding carboxylic acids is 1. The number of aromatic nitrogens is 1. The van der Waals surface area contributed by atoms with Crippen LogP contribution in [0.2, 0.25) is 5.02 Å². The van der Waals surface area contributed by atoms with Gasteiger partial charge < -0.3 is 14.6 Å². The van der Waals surface area contributed by atoms with Crippen LogP contribution in [0.5, 0.6) is 5.75 Å². The lowest BCUT2D eigenvalue weighted by Crippen LogP contribution is -2.48. The molecule has 2 heterocycles. The molecule has 0 amide bonds. The van der Waals surface area contributed by atoms with Crippen LogP contribution in [-0.4, -0.2) is 55.5 Å². The number of ketones is 1. The van der Waals surface area contributed by atoms with Crippen molar-refractivity contribution in [3.05, 3.63) is 58.7 Å². The number of H-pyrrole nitrogens is 1. The molecule has 0 aliphatic carbocycles. The molecule has 2 aromatic carbocycles. The first kappa shape index (κ1) is 18.8. The summed E-state index contributed by atoms with van der Waals surface area (Å²) in [6.07, 6.45) is 0. The molecule has 1 fully saturated rings. The van der Waals surface area contributed by atoms with E-state index in [1.54, 1.807) is 7.11 Å². The first-order valence-corrected chi connectivity index (χ1v) is 9.85. The molecule has 0 unspecified atom stereocenters. The molecule has 6 heteroatoms. The number of aryl methyl sites for hydroxylation is 1. The summed E-state index contributed by atoms with van der Waals surface area (Å²) in [6.45, 7) is 5.85. The van der Waals surface area contributed by atoms with Crippen molar-refractivity contribution < 1.29 is 9.53 Å². The molecular weight excluding hydrogens is 374 g/mol. The van der Waals surface area contributed by atoms with Gasteiger partial charge in [0.25, 0.3) is 0 Å². The molecule has 0 radical (unpaired) electrons. The van der Waals surface area contributed by atoms with Crippen LogP contribution in [0.25, 0.3) is 10.9 Å². The number of nitrogens with one attached hydrogen (secondary N) is 1. The third-order valence-electron chi connectivity index (χ3n) is 5.38. The lowest BCUT2D eigenvalue weighted by molar-refractivity contribution is 0.0927. The van der Waals surface area contributed by atoms with Crippen molar-refractivity contribution in [2.75, 3.05) is 44.7 Å². The fraction of sp³-hybridized carbons (Fsp3) is 0.318. The topological polar surface area (TPSA) is 48.6 Å². The summed E-state index contributed by atoms with van der Waals surface area (Å²) in [4.78, 5) is 20.9. The number of aromatic amines is 1. The van der Waals surface area contributed by atoms with E-state index in [0.717, 1.165) is 64.8 Å². The van der Waals surface area contributed by atoms with Crippen molar-refractivity contribution in [2.24, 2.45) is 0 Å². The zero-order valence-corrected chi connectivity index (χ0v) is 16.9. The van der Waals surface area contributed by atoms with E-state index in [0.29, 0.717) is 6.54 Å². The number of halogens is 1. The van der Waals surface area contributed by atoms with Gasteiger partial charge in [-0.1, -0.05) is 17.7 Å². The van der Waals surface area contributed by atoms with Crippen LogP contribution in [0.3, 0.4) is 0 Å². The van der Waals surface area contributed by atoms with Crippen LogP contribution >= 0.6 is 11.6 Å². The van der Waals surface area contributed by atoms with Crippen LogP contribution in [0.15, 0.2) is 42.5 Å². The molecule has 0 spiro atoms. The van der Waals surface area contributed by atoms with Crippen molar-refractivity contribution >= 4 is 34.0 Å². The molecule has 0 saturated carbocycles. The number of nitrogens with zero attached hydrogens (tertiary/aromatic N) is 2. The van der Waals surface area contributed by atoms with Gasteiger partial charge in [0.15, 0.2) is 5.78 Å². The second-order valence-corrected chi connectivity index (χ2v) is 7.64. The summed E-state index contributed by atoms with van der Waals surface area (Å²) in [5, 5.41) is 1.68. The second kappa shape index (κ2) is 7.86. The number of piperazine rings is 1. The number of ether oxygens (including phenoxy) is 1. The van der Waals surface area contributed by atoms with Gasteiger partial charge in [-0.05, 0) is 43.3 Å². The highest BCUT2D eigenvalue weighted by atomic mass is 35.5. The summed E-state index contributed by atoms with van der Waals surface area (Å²) >= 11 is 6.11. The molecule has 3 aromatic rings. The molecule has 28 heavy (non-hydrogen) atoms. The molecule has 0 bridgehead atoms. The van der Waals surface area contributed by atoms with Gasteiger partial charge in [-0.25, -0.2) is 0 Å². The lowest BCUT2D eigenvalue weighted by atomic mass is 10.1. The monoisotopic (exact) mass is 397 g/mol. The molecule has 146 valence electrons. The lowest BCUT2D eigenvalue weighted by Gasteiger charge is -2.35. The molecule has 1 saturated heterocycles. The molecule has 1 aromatic heterocycles. The first-order chi connectivity index (χ1) is 13.5. The second-order valence-electron chi connectivity index (χ2n) is 7.20. The highest BCUT2D eigenvalue weighted by molar-refractivity contribution is 6.30. The van der Waals surface area contributed by atoms with E-state index in [1.807, 2.05) is 43.3 Å². The van der Waals surface area contributed by atoms with Gasteiger partial charge >= 0.3 is 0 Å². The number of Topliss-reactive ketones (excluding diaryl/α,β-unsaturated/α-hetero) is 1. The number of benzene rings is 2. The Morgan fingerprint density at radius 3 is 2.64 bits per heavy atom. The summed E-state index contributed by atoms with van der Waals surface area (Å²) in [5.74, 6) is 0.906. The number of anilines is 1. The predicted molar refractivity (Wildman–Crippen MR) is 114 cm³/mol. The molecule has 5 nitrogen and oxygen atoms in total. The highest BCUT2D eigenvalue weighted by Gasteiger charge is 2.23. The maximum Gasteiger partial charge on any atom is 0.179 e. The average molecular weight is 398 g/mol. The third-order valence-corrected chi connectivity index (χ3v) is 5.62. The van der Waals surface area contributed by atoms with E-state index in [2.05, 4.69) is 20.9 Å².